The molecule has 3 rings (SSSR count). The van der Waals surface area contributed by atoms with Crippen molar-refractivity contribution in [3.8, 4) is 0 Å². The number of carbonyl (C=O) groups excluding carboxylic acids is 2. The Morgan fingerprint density at radius 3 is 1.31 bits per heavy atom. The Morgan fingerprint density at radius 2 is 1.03 bits per heavy atom. The Morgan fingerprint density at radius 1 is 0.719 bits per heavy atom. The number of ketones is 2. The minimum absolute atomic E-state index is 0.184. The van der Waals surface area contributed by atoms with E-state index in [4.69, 9.17) is 11.5 Å². The average Bonchev–Trinajstić information content (AvgIpc) is 3.19. The molecular weight excluding hydrogens is 444 g/mol. The lowest BCUT2D eigenvalue weighted by atomic mass is 10.0. The van der Waals surface area contributed by atoms with Crippen LogP contribution in [-0.2, 0) is 0 Å². The normalized spacial score (nSPS) is 11.9. The zero-order valence-corrected chi connectivity index (χ0v) is 20.6. The Bertz CT molecular complexity index is 1060. The van der Waals surface area contributed by atoms with Crippen molar-refractivity contribution >= 4 is 56.1 Å². The Labute approximate surface area is 195 Å². The first kappa shape index (κ1) is 23.7. The molecule has 8 nitrogen and oxygen atoms in total. The summed E-state index contributed by atoms with van der Waals surface area (Å²) in [5, 5.41) is 7.62. The maximum atomic E-state index is 12.9. The number of hydrogen-bond donors (Lipinski definition) is 4. The summed E-state index contributed by atoms with van der Waals surface area (Å²) < 4.78 is 0. The highest BCUT2D eigenvalue weighted by atomic mass is 32.1. The second-order valence-corrected chi connectivity index (χ2v) is 11.5. The highest BCUT2D eigenvalue weighted by Crippen LogP contribution is 2.31. The quantitative estimate of drug-likeness (QED) is 0.381. The van der Waals surface area contributed by atoms with Crippen LogP contribution in [0.1, 0.15) is 72.0 Å². The first-order valence-electron chi connectivity index (χ1n) is 10.0. The fourth-order valence-corrected chi connectivity index (χ4v) is 4.88. The minimum atomic E-state index is -0.241. The summed E-state index contributed by atoms with van der Waals surface area (Å²) in [5.74, 6) is -0.115. The molecule has 2 aromatic heterocycles. The Hall–Kier alpha value is -2.98. The van der Waals surface area contributed by atoms with Crippen molar-refractivity contribution in [2.24, 2.45) is 0 Å². The molecule has 0 amide bonds. The molecule has 32 heavy (non-hydrogen) atoms. The van der Waals surface area contributed by atoms with E-state index in [2.05, 4.69) is 20.6 Å². The second-order valence-electron chi connectivity index (χ2n) is 9.45. The minimum Gasteiger partial charge on any atom is -0.382 e. The van der Waals surface area contributed by atoms with Gasteiger partial charge in [0.05, 0.1) is 0 Å². The molecule has 0 fully saturated rings. The number of rotatable bonds is 6. The number of nitrogens with one attached hydrogen (secondary N) is 2. The van der Waals surface area contributed by atoms with Crippen LogP contribution in [0.25, 0.3) is 0 Å². The van der Waals surface area contributed by atoms with E-state index in [1.54, 1.807) is 24.3 Å². The second kappa shape index (κ2) is 8.51. The molecule has 6 N–H and O–H groups in total. The van der Waals surface area contributed by atoms with Crippen molar-refractivity contribution in [3.63, 3.8) is 0 Å². The van der Waals surface area contributed by atoms with Gasteiger partial charge >= 0.3 is 0 Å². The monoisotopic (exact) mass is 472 g/mol. The van der Waals surface area contributed by atoms with Crippen molar-refractivity contribution < 1.29 is 9.59 Å². The predicted molar refractivity (Wildman–Crippen MR) is 133 cm³/mol. The van der Waals surface area contributed by atoms with Crippen LogP contribution in [0.4, 0.5) is 21.9 Å². The van der Waals surface area contributed by atoms with Gasteiger partial charge in [-0.1, -0.05) is 46.9 Å². The van der Waals surface area contributed by atoms with Crippen molar-refractivity contribution in [2.45, 2.75) is 52.6 Å². The number of hydrogen-bond acceptors (Lipinski definition) is 10. The molecule has 0 unspecified atom stereocenters. The first-order chi connectivity index (χ1) is 14.7. The molecule has 0 aliphatic rings. The molecule has 0 saturated carbocycles. The summed E-state index contributed by atoms with van der Waals surface area (Å²) in [6, 6.07) is 6.43. The lowest BCUT2D eigenvalue weighted by molar-refractivity contribution is 0.103. The molecule has 3 aromatic rings. The third kappa shape index (κ3) is 5.63. The lowest BCUT2D eigenvalue weighted by Gasteiger charge is -2.19. The van der Waals surface area contributed by atoms with Gasteiger partial charge in [0.25, 0.3) is 0 Å². The number of nitrogens with two attached hydrogens (primary N) is 2. The number of benzene rings is 1. The van der Waals surface area contributed by atoms with Crippen molar-refractivity contribution in [1.82, 2.24) is 9.97 Å². The van der Waals surface area contributed by atoms with Crippen LogP contribution >= 0.6 is 22.7 Å². The molecule has 170 valence electrons. The smallest absolute Gasteiger partial charge is 0.206 e. The number of carbonyl (C=O) groups is 2. The standard InChI is InChI=1S/C22H28N6O2S2/c1-21(2,3)27-19-25-17(23)15(31-19)13(29)11-7-9-12(10-8-11)14(30)16-18(24)26-20(32-16)28-22(4,5)6/h7-10H,23-24H2,1-6H3,(H,25,27)(H,26,28). The highest BCUT2D eigenvalue weighted by Gasteiger charge is 2.23. The summed E-state index contributed by atoms with van der Waals surface area (Å²) in [6.45, 7) is 12.0. The van der Waals surface area contributed by atoms with Gasteiger partial charge in [0, 0.05) is 22.2 Å². The number of nitrogen functional groups attached to an aromatic ring is 2. The van der Waals surface area contributed by atoms with E-state index < -0.39 is 0 Å². The van der Waals surface area contributed by atoms with Gasteiger partial charge in [-0.2, -0.15) is 0 Å². The average molecular weight is 473 g/mol. The van der Waals surface area contributed by atoms with Crippen LogP contribution in [0.2, 0.25) is 0 Å². The number of thiazole rings is 2. The topological polar surface area (TPSA) is 136 Å². The summed E-state index contributed by atoms with van der Waals surface area (Å²) in [7, 11) is 0. The van der Waals surface area contributed by atoms with Crippen LogP contribution in [0.5, 0.6) is 0 Å². The SMILES string of the molecule is CC(C)(C)Nc1nc(N)c(C(=O)c2ccc(C(=O)c3sc(NC(C)(C)C)nc3N)cc2)s1. The van der Waals surface area contributed by atoms with Gasteiger partial charge in [0.2, 0.25) is 11.6 Å². The third-order valence-electron chi connectivity index (χ3n) is 4.09. The van der Waals surface area contributed by atoms with E-state index in [1.165, 1.54) is 22.7 Å². The Kier molecular flexibility index (Phi) is 6.30. The van der Waals surface area contributed by atoms with E-state index in [-0.39, 0.29) is 34.3 Å². The van der Waals surface area contributed by atoms with Crippen LogP contribution in [-0.4, -0.2) is 32.6 Å². The van der Waals surface area contributed by atoms with E-state index in [0.29, 0.717) is 31.1 Å². The summed E-state index contributed by atoms with van der Waals surface area (Å²) in [6.07, 6.45) is 0. The predicted octanol–water partition coefficient (Wildman–Crippen LogP) is 4.65. The van der Waals surface area contributed by atoms with Gasteiger partial charge in [-0.15, -0.1) is 0 Å². The highest BCUT2D eigenvalue weighted by molar-refractivity contribution is 7.18. The zero-order chi connectivity index (χ0) is 23.8. The maximum absolute atomic E-state index is 12.9. The van der Waals surface area contributed by atoms with E-state index >= 15 is 0 Å². The molecule has 0 atom stereocenters. The molecular formula is C22H28N6O2S2. The largest absolute Gasteiger partial charge is 0.382 e. The van der Waals surface area contributed by atoms with Crippen molar-refractivity contribution in [2.75, 3.05) is 22.1 Å². The molecule has 1 aromatic carbocycles. The number of anilines is 4. The molecule has 0 saturated heterocycles. The molecule has 0 aliphatic heterocycles. The van der Waals surface area contributed by atoms with Crippen LogP contribution in [0.15, 0.2) is 24.3 Å². The van der Waals surface area contributed by atoms with Gasteiger partial charge in [-0.3, -0.25) is 9.59 Å². The molecule has 0 bridgehead atoms. The number of aromatic nitrogens is 2. The molecule has 0 aliphatic carbocycles. The zero-order valence-electron chi connectivity index (χ0n) is 19.0. The Balaban J connectivity index is 1.80. The van der Waals surface area contributed by atoms with E-state index in [0.717, 1.165) is 0 Å². The fourth-order valence-electron chi connectivity index (χ4n) is 2.77. The summed E-state index contributed by atoms with van der Waals surface area (Å²) in [4.78, 5) is 35.1. The van der Waals surface area contributed by atoms with Gasteiger partial charge in [0.15, 0.2) is 10.3 Å². The third-order valence-corrected chi connectivity index (χ3v) is 6.06. The molecule has 0 spiro atoms. The van der Waals surface area contributed by atoms with Gasteiger partial charge in [-0.05, 0) is 41.5 Å². The van der Waals surface area contributed by atoms with Gasteiger partial charge < -0.3 is 22.1 Å². The van der Waals surface area contributed by atoms with Crippen LogP contribution in [0.3, 0.4) is 0 Å². The first-order valence-corrected chi connectivity index (χ1v) is 11.7. The van der Waals surface area contributed by atoms with Crippen molar-refractivity contribution in [1.29, 1.82) is 0 Å². The van der Waals surface area contributed by atoms with Gasteiger partial charge in [0.1, 0.15) is 21.4 Å². The lowest BCUT2D eigenvalue weighted by Crippen LogP contribution is -2.25. The maximum Gasteiger partial charge on any atom is 0.206 e. The molecule has 10 heteroatoms. The van der Waals surface area contributed by atoms with Crippen LogP contribution in [0, 0.1) is 0 Å². The number of nitrogens with zero attached hydrogens (tertiary/aromatic N) is 2. The van der Waals surface area contributed by atoms with E-state index in [9.17, 15) is 9.59 Å². The van der Waals surface area contributed by atoms with E-state index in [1.807, 2.05) is 41.5 Å². The fraction of sp³-hybridized carbons (Fsp3) is 0.364. The van der Waals surface area contributed by atoms with Crippen LogP contribution < -0.4 is 22.1 Å². The summed E-state index contributed by atoms with van der Waals surface area (Å²) in [5.41, 5.74) is 12.4. The van der Waals surface area contributed by atoms with Gasteiger partial charge in [-0.25, -0.2) is 9.97 Å². The molecule has 0 radical (unpaired) electrons. The molecule has 2 heterocycles. The van der Waals surface area contributed by atoms with Crippen molar-refractivity contribution in [3.05, 3.63) is 45.1 Å². The summed E-state index contributed by atoms with van der Waals surface area (Å²) >= 11 is 2.42.